The molecule has 3 nitrogen and oxygen atoms in total. The highest BCUT2D eigenvalue weighted by atomic mass is 79.9. The number of rotatable bonds is 5. The highest BCUT2D eigenvalue weighted by Crippen LogP contribution is 2.20. The van der Waals surface area contributed by atoms with Crippen molar-refractivity contribution >= 4 is 21.8 Å². The molecule has 1 aromatic heterocycles. The number of furan rings is 1. The van der Waals surface area contributed by atoms with Gasteiger partial charge < -0.3 is 9.32 Å². The predicted octanol–water partition coefficient (Wildman–Crippen LogP) is 4.40. The number of hydrogen-bond donors (Lipinski definition) is 0. The lowest BCUT2D eigenvalue weighted by Gasteiger charge is -2.22. The zero-order valence-corrected chi connectivity index (χ0v) is 13.3. The van der Waals surface area contributed by atoms with E-state index in [4.69, 9.17) is 4.42 Å². The Morgan fingerprint density at radius 1 is 1.25 bits per heavy atom. The van der Waals surface area contributed by atoms with Crippen LogP contribution in [0.1, 0.15) is 34.8 Å². The Kier molecular flexibility index (Phi) is 5.01. The molecular weight excluding hydrogens is 318 g/mol. The van der Waals surface area contributed by atoms with Crippen LogP contribution in [0.15, 0.2) is 45.7 Å². The van der Waals surface area contributed by atoms with Crippen molar-refractivity contribution < 1.29 is 9.21 Å². The van der Waals surface area contributed by atoms with E-state index >= 15 is 0 Å². The van der Waals surface area contributed by atoms with E-state index in [1.165, 1.54) is 11.8 Å². The molecule has 0 radical (unpaired) electrons. The summed E-state index contributed by atoms with van der Waals surface area (Å²) in [5.74, 6) is -0.00644. The summed E-state index contributed by atoms with van der Waals surface area (Å²) in [6.07, 6.45) is 2.44. The smallest absolute Gasteiger partial charge is 0.258 e. The standard InChI is InChI=1S/C16H18BrNO2/c1-3-9-18(11-13-6-4-12(2)5-7-13)16(19)14-8-10-20-15(14)17/h4-8,10H,3,9,11H2,1-2H3. The number of hydrogen-bond acceptors (Lipinski definition) is 2. The zero-order valence-electron chi connectivity index (χ0n) is 11.7. The SMILES string of the molecule is CCCN(Cc1ccc(C)cc1)C(=O)c1ccoc1Br. The van der Waals surface area contributed by atoms with E-state index in [2.05, 4.69) is 54.0 Å². The van der Waals surface area contributed by atoms with Gasteiger partial charge in [-0.3, -0.25) is 4.79 Å². The Labute approximate surface area is 127 Å². The molecular formula is C16H18BrNO2. The molecule has 1 aromatic carbocycles. The lowest BCUT2D eigenvalue weighted by molar-refractivity contribution is 0.0741. The van der Waals surface area contributed by atoms with Gasteiger partial charge in [0.1, 0.15) is 0 Å². The average Bonchev–Trinajstić information content (AvgIpc) is 2.86. The fourth-order valence-electron chi connectivity index (χ4n) is 2.05. The largest absolute Gasteiger partial charge is 0.457 e. The summed E-state index contributed by atoms with van der Waals surface area (Å²) in [7, 11) is 0. The minimum absolute atomic E-state index is 0.00644. The van der Waals surface area contributed by atoms with Crippen molar-refractivity contribution in [1.82, 2.24) is 4.90 Å². The van der Waals surface area contributed by atoms with E-state index in [0.717, 1.165) is 18.5 Å². The predicted molar refractivity (Wildman–Crippen MR) is 82.6 cm³/mol. The average molecular weight is 336 g/mol. The summed E-state index contributed by atoms with van der Waals surface area (Å²) in [5, 5.41) is 0. The molecule has 0 saturated heterocycles. The van der Waals surface area contributed by atoms with Crippen molar-refractivity contribution in [3.8, 4) is 0 Å². The van der Waals surface area contributed by atoms with Gasteiger partial charge in [-0.2, -0.15) is 0 Å². The van der Waals surface area contributed by atoms with Gasteiger partial charge in [-0.05, 0) is 40.9 Å². The molecule has 4 heteroatoms. The fourth-order valence-corrected chi connectivity index (χ4v) is 2.46. The zero-order chi connectivity index (χ0) is 14.5. The first kappa shape index (κ1) is 14.9. The monoisotopic (exact) mass is 335 g/mol. The van der Waals surface area contributed by atoms with E-state index in [-0.39, 0.29) is 5.91 Å². The number of amides is 1. The molecule has 0 aliphatic heterocycles. The molecule has 0 aliphatic carbocycles. The number of halogens is 1. The van der Waals surface area contributed by atoms with Gasteiger partial charge in [0.2, 0.25) is 0 Å². The Morgan fingerprint density at radius 2 is 1.95 bits per heavy atom. The Balaban J connectivity index is 2.16. The van der Waals surface area contributed by atoms with Gasteiger partial charge >= 0.3 is 0 Å². The third kappa shape index (κ3) is 3.51. The van der Waals surface area contributed by atoms with Gasteiger partial charge in [0.05, 0.1) is 11.8 Å². The summed E-state index contributed by atoms with van der Waals surface area (Å²) in [6, 6.07) is 9.96. The number of benzene rings is 1. The summed E-state index contributed by atoms with van der Waals surface area (Å²) in [6.45, 7) is 5.47. The Hall–Kier alpha value is -1.55. The first-order valence-corrected chi connectivity index (χ1v) is 7.49. The van der Waals surface area contributed by atoms with Crippen LogP contribution in [0.4, 0.5) is 0 Å². The van der Waals surface area contributed by atoms with Crippen LogP contribution < -0.4 is 0 Å². The van der Waals surface area contributed by atoms with Crippen molar-refractivity contribution in [1.29, 1.82) is 0 Å². The lowest BCUT2D eigenvalue weighted by atomic mass is 10.1. The molecule has 0 atom stereocenters. The molecule has 0 unspecified atom stereocenters. The highest BCUT2D eigenvalue weighted by molar-refractivity contribution is 9.10. The molecule has 0 N–H and O–H groups in total. The van der Waals surface area contributed by atoms with Crippen LogP contribution in [0.2, 0.25) is 0 Å². The van der Waals surface area contributed by atoms with E-state index in [9.17, 15) is 4.79 Å². The minimum Gasteiger partial charge on any atom is -0.457 e. The number of carbonyl (C=O) groups is 1. The maximum atomic E-state index is 12.5. The van der Waals surface area contributed by atoms with Crippen molar-refractivity contribution in [3.63, 3.8) is 0 Å². The summed E-state index contributed by atoms with van der Waals surface area (Å²) in [4.78, 5) is 14.4. The molecule has 1 heterocycles. The first-order valence-electron chi connectivity index (χ1n) is 6.69. The topological polar surface area (TPSA) is 33.5 Å². The van der Waals surface area contributed by atoms with Gasteiger partial charge in [-0.25, -0.2) is 0 Å². The lowest BCUT2D eigenvalue weighted by Crippen LogP contribution is -2.31. The minimum atomic E-state index is -0.00644. The number of nitrogens with zero attached hydrogens (tertiary/aromatic N) is 1. The second-order valence-electron chi connectivity index (χ2n) is 4.82. The third-order valence-corrected chi connectivity index (χ3v) is 3.74. The van der Waals surface area contributed by atoms with Gasteiger partial charge in [-0.1, -0.05) is 36.8 Å². The molecule has 1 amide bonds. The van der Waals surface area contributed by atoms with Crippen molar-refractivity contribution in [3.05, 3.63) is 58.0 Å². The Morgan fingerprint density at radius 3 is 2.50 bits per heavy atom. The van der Waals surface area contributed by atoms with Crippen LogP contribution in [-0.2, 0) is 6.54 Å². The van der Waals surface area contributed by atoms with Gasteiger partial charge in [0, 0.05) is 13.1 Å². The number of carbonyl (C=O) groups excluding carboxylic acids is 1. The van der Waals surface area contributed by atoms with Crippen LogP contribution in [0, 0.1) is 6.92 Å². The molecule has 20 heavy (non-hydrogen) atoms. The third-order valence-electron chi connectivity index (χ3n) is 3.12. The van der Waals surface area contributed by atoms with Crippen LogP contribution in [0.3, 0.4) is 0 Å². The number of aryl methyl sites for hydroxylation is 1. The molecule has 0 fully saturated rings. The molecule has 106 valence electrons. The highest BCUT2D eigenvalue weighted by Gasteiger charge is 2.19. The Bertz CT molecular complexity index is 574. The normalized spacial score (nSPS) is 10.6. The maximum Gasteiger partial charge on any atom is 0.258 e. The van der Waals surface area contributed by atoms with Crippen molar-refractivity contribution in [2.24, 2.45) is 0 Å². The molecule has 0 aliphatic rings. The second-order valence-corrected chi connectivity index (χ2v) is 5.54. The molecule has 0 bridgehead atoms. The van der Waals surface area contributed by atoms with E-state index in [1.54, 1.807) is 6.07 Å². The molecule has 0 spiro atoms. The summed E-state index contributed by atoms with van der Waals surface area (Å²) >= 11 is 3.27. The van der Waals surface area contributed by atoms with Crippen molar-refractivity contribution in [2.75, 3.05) is 6.54 Å². The van der Waals surface area contributed by atoms with Crippen LogP contribution in [-0.4, -0.2) is 17.4 Å². The van der Waals surface area contributed by atoms with E-state index in [0.29, 0.717) is 16.8 Å². The van der Waals surface area contributed by atoms with Crippen molar-refractivity contribution in [2.45, 2.75) is 26.8 Å². The molecule has 2 rings (SSSR count). The first-order chi connectivity index (χ1) is 9.61. The van der Waals surface area contributed by atoms with Crippen LogP contribution >= 0.6 is 15.9 Å². The molecule has 0 saturated carbocycles. The van der Waals surface area contributed by atoms with E-state index in [1.807, 2.05) is 4.90 Å². The van der Waals surface area contributed by atoms with Gasteiger partial charge in [-0.15, -0.1) is 0 Å². The van der Waals surface area contributed by atoms with E-state index < -0.39 is 0 Å². The van der Waals surface area contributed by atoms with Gasteiger partial charge in [0.15, 0.2) is 4.67 Å². The second kappa shape index (κ2) is 6.75. The maximum absolute atomic E-state index is 12.5. The van der Waals surface area contributed by atoms with Crippen LogP contribution in [0.25, 0.3) is 0 Å². The van der Waals surface area contributed by atoms with Gasteiger partial charge in [0.25, 0.3) is 5.91 Å². The van der Waals surface area contributed by atoms with Crippen LogP contribution in [0.5, 0.6) is 0 Å². The quantitative estimate of drug-likeness (QED) is 0.811. The fraction of sp³-hybridized carbons (Fsp3) is 0.312. The summed E-state index contributed by atoms with van der Waals surface area (Å²) in [5.41, 5.74) is 2.93. The summed E-state index contributed by atoms with van der Waals surface area (Å²) < 4.78 is 5.64. The molecule has 2 aromatic rings.